The lowest BCUT2D eigenvalue weighted by Crippen LogP contribution is -2.62. The average Bonchev–Trinajstić information content (AvgIpc) is 2.44. The zero-order chi connectivity index (χ0) is 16.4. The van der Waals surface area contributed by atoms with Gasteiger partial charge in [0.15, 0.2) is 0 Å². The van der Waals surface area contributed by atoms with Gasteiger partial charge in [0.25, 0.3) is 0 Å². The predicted molar refractivity (Wildman–Crippen MR) is 75.2 cm³/mol. The number of hydrogen-bond donors (Lipinski definition) is 3. The summed E-state index contributed by atoms with van der Waals surface area (Å²) in [7, 11) is 0. The van der Waals surface area contributed by atoms with E-state index < -0.39 is 23.3 Å². The summed E-state index contributed by atoms with van der Waals surface area (Å²) in [6, 6.07) is 6.39. The molecule has 1 fully saturated rings. The van der Waals surface area contributed by atoms with Crippen LogP contribution in [0.15, 0.2) is 24.3 Å². The number of carbonyl (C=O) groups excluding carboxylic acids is 2. The third-order valence-corrected chi connectivity index (χ3v) is 3.90. The minimum Gasteiger partial charge on any atom is -0.383 e. The summed E-state index contributed by atoms with van der Waals surface area (Å²) in [5, 5.41) is 10.1. The Kier molecular flexibility index (Phi) is 4.67. The maximum Gasteiger partial charge on any atom is 0.354 e. The number of alkyl halides is 2. The van der Waals surface area contributed by atoms with Gasteiger partial charge in [-0.05, 0) is 37.0 Å². The molecule has 3 N–H and O–H groups in total. The predicted octanol–water partition coefficient (Wildman–Crippen LogP) is 1.58. The number of carbonyl (C=O) groups is 2. The maximum atomic E-state index is 13.7. The second kappa shape index (κ2) is 6.18. The molecule has 0 radical (unpaired) electrons. The van der Waals surface area contributed by atoms with Gasteiger partial charge in [0.2, 0.25) is 5.91 Å². The number of benzene rings is 1. The highest BCUT2D eigenvalue weighted by Crippen LogP contribution is 2.44. The van der Waals surface area contributed by atoms with Crippen molar-refractivity contribution in [3.63, 3.8) is 0 Å². The number of halogens is 3. The summed E-state index contributed by atoms with van der Waals surface area (Å²) in [6.45, 7) is 0. The van der Waals surface area contributed by atoms with Gasteiger partial charge in [0.05, 0.1) is 6.42 Å². The van der Waals surface area contributed by atoms with Crippen LogP contribution >= 0.6 is 11.6 Å². The molecule has 1 aliphatic rings. The number of nitrogens with one attached hydrogen (secondary N) is 2. The third-order valence-electron chi connectivity index (χ3n) is 3.64. The standard InChI is InChI=1S/C14H15ClF2N2O3/c15-10-4-2-9(3-5-10)8-11(20)18-19-12(21)14(16,17)13(22)6-1-7-13/h2-5,22H,1,6-8H2,(H,18,20)(H,19,21). The highest BCUT2D eigenvalue weighted by atomic mass is 35.5. The molecule has 0 unspecified atom stereocenters. The van der Waals surface area contributed by atoms with Gasteiger partial charge < -0.3 is 5.11 Å². The highest BCUT2D eigenvalue weighted by molar-refractivity contribution is 6.30. The van der Waals surface area contributed by atoms with Gasteiger partial charge in [0, 0.05) is 5.02 Å². The van der Waals surface area contributed by atoms with E-state index in [4.69, 9.17) is 11.6 Å². The van der Waals surface area contributed by atoms with Crippen molar-refractivity contribution in [3.05, 3.63) is 34.9 Å². The topological polar surface area (TPSA) is 78.4 Å². The largest absolute Gasteiger partial charge is 0.383 e. The number of aliphatic hydroxyl groups is 1. The molecule has 0 bridgehead atoms. The number of hydrazine groups is 1. The minimum absolute atomic E-state index is 0.104. The van der Waals surface area contributed by atoms with Gasteiger partial charge in [0.1, 0.15) is 5.60 Å². The fraction of sp³-hybridized carbons (Fsp3) is 0.429. The van der Waals surface area contributed by atoms with Crippen LogP contribution in [0.5, 0.6) is 0 Å². The zero-order valence-electron chi connectivity index (χ0n) is 11.5. The maximum absolute atomic E-state index is 13.7. The Labute approximate surface area is 130 Å². The monoisotopic (exact) mass is 332 g/mol. The summed E-state index contributed by atoms with van der Waals surface area (Å²) < 4.78 is 27.5. The van der Waals surface area contributed by atoms with Crippen LogP contribution in [0.4, 0.5) is 8.78 Å². The quantitative estimate of drug-likeness (QED) is 0.733. The highest BCUT2D eigenvalue weighted by Gasteiger charge is 2.61. The van der Waals surface area contributed by atoms with E-state index in [9.17, 15) is 23.5 Å². The van der Waals surface area contributed by atoms with Crippen molar-refractivity contribution in [2.24, 2.45) is 0 Å². The lowest BCUT2D eigenvalue weighted by molar-refractivity contribution is -0.216. The van der Waals surface area contributed by atoms with Gasteiger partial charge in [-0.2, -0.15) is 8.78 Å². The molecule has 1 saturated carbocycles. The number of amides is 2. The van der Waals surface area contributed by atoms with E-state index in [1.807, 2.05) is 5.43 Å². The third kappa shape index (κ3) is 3.36. The van der Waals surface area contributed by atoms with Crippen molar-refractivity contribution in [1.29, 1.82) is 0 Å². The first-order valence-electron chi connectivity index (χ1n) is 6.68. The van der Waals surface area contributed by atoms with Crippen molar-refractivity contribution in [2.75, 3.05) is 0 Å². The Balaban J connectivity index is 1.85. The summed E-state index contributed by atoms with van der Waals surface area (Å²) >= 11 is 5.70. The summed E-state index contributed by atoms with van der Waals surface area (Å²) in [4.78, 5) is 23.0. The molecule has 1 aromatic rings. The normalized spacial score (nSPS) is 16.5. The van der Waals surface area contributed by atoms with Crippen LogP contribution < -0.4 is 10.9 Å². The Morgan fingerprint density at radius 2 is 1.82 bits per heavy atom. The van der Waals surface area contributed by atoms with Gasteiger partial charge in [-0.3, -0.25) is 20.4 Å². The Morgan fingerprint density at radius 3 is 2.32 bits per heavy atom. The van der Waals surface area contributed by atoms with E-state index in [1.54, 1.807) is 29.7 Å². The molecule has 0 aliphatic heterocycles. The first kappa shape index (κ1) is 16.6. The molecule has 5 nitrogen and oxygen atoms in total. The number of hydrogen-bond acceptors (Lipinski definition) is 3. The molecule has 22 heavy (non-hydrogen) atoms. The molecule has 0 heterocycles. The van der Waals surface area contributed by atoms with E-state index >= 15 is 0 Å². The second-order valence-electron chi connectivity index (χ2n) is 5.27. The molecule has 120 valence electrons. The van der Waals surface area contributed by atoms with Gasteiger partial charge >= 0.3 is 11.8 Å². The molecule has 0 spiro atoms. The smallest absolute Gasteiger partial charge is 0.354 e. The van der Waals surface area contributed by atoms with E-state index in [0.29, 0.717) is 17.0 Å². The van der Waals surface area contributed by atoms with Gasteiger partial charge in [-0.25, -0.2) is 0 Å². The van der Waals surface area contributed by atoms with Gasteiger partial charge in [-0.1, -0.05) is 23.7 Å². The van der Waals surface area contributed by atoms with Crippen LogP contribution in [-0.2, 0) is 16.0 Å². The molecule has 0 aromatic heterocycles. The molecule has 2 rings (SSSR count). The molecule has 2 amide bonds. The van der Waals surface area contributed by atoms with Crippen molar-refractivity contribution in [3.8, 4) is 0 Å². The molecule has 0 atom stereocenters. The van der Waals surface area contributed by atoms with E-state index in [2.05, 4.69) is 0 Å². The Morgan fingerprint density at radius 1 is 1.23 bits per heavy atom. The molecule has 1 aliphatic carbocycles. The van der Waals surface area contributed by atoms with E-state index in [1.165, 1.54) is 0 Å². The lowest BCUT2D eigenvalue weighted by atomic mass is 9.75. The Hall–Kier alpha value is -1.73. The molecule has 0 saturated heterocycles. The molecular formula is C14H15ClF2N2O3. The van der Waals surface area contributed by atoms with Crippen molar-refractivity contribution < 1.29 is 23.5 Å². The fourth-order valence-corrected chi connectivity index (χ4v) is 2.20. The SMILES string of the molecule is O=C(Cc1ccc(Cl)cc1)NNC(=O)C(F)(F)C1(O)CCC1. The minimum atomic E-state index is -3.95. The van der Waals surface area contributed by atoms with Crippen molar-refractivity contribution in [2.45, 2.75) is 37.2 Å². The lowest BCUT2D eigenvalue weighted by Gasteiger charge is -2.41. The van der Waals surface area contributed by atoms with Crippen molar-refractivity contribution >= 4 is 23.4 Å². The molecule has 1 aromatic carbocycles. The Bertz CT molecular complexity index is 574. The van der Waals surface area contributed by atoms with E-state index in [-0.39, 0.29) is 19.3 Å². The van der Waals surface area contributed by atoms with Crippen molar-refractivity contribution in [1.82, 2.24) is 10.9 Å². The van der Waals surface area contributed by atoms with Crippen LogP contribution in [0, 0.1) is 0 Å². The zero-order valence-corrected chi connectivity index (χ0v) is 12.3. The first-order chi connectivity index (χ1) is 10.2. The fourth-order valence-electron chi connectivity index (χ4n) is 2.07. The van der Waals surface area contributed by atoms with Crippen LogP contribution in [0.25, 0.3) is 0 Å². The summed E-state index contributed by atoms with van der Waals surface area (Å²) in [6.07, 6.45) is 0.0356. The number of rotatable bonds is 4. The van der Waals surface area contributed by atoms with Gasteiger partial charge in [-0.15, -0.1) is 0 Å². The summed E-state index contributed by atoms with van der Waals surface area (Å²) in [5.74, 6) is -6.33. The van der Waals surface area contributed by atoms with Crippen LogP contribution in [0.1, 0.15) is 24.8 Å². The van der Waals surface area contributed by atoms with Crippen LogP contribution in [0.3, 0.4) is 0 Å². The summed E-state index contributed by atoms with van der Waals surface area (Å²) in [5.41, 5.74) is 1.85. The second-order valence-corrected chi connectivity index (χ2v) is 5.70. The first-order valence-corrected chi connectivity index (χ1v) is 7.06. The van der Waals surface area contributed by atoms with E-state index in [0.717, 1.165) is 0 Å². The average molecular weight is 333 g/mol. The molecule has 8 heteroatoms. The van der Waals surface area contributed by atoms with Crippen LogP contribution in [-0.4, -0.2) is 28.4 Å². The molecular weight excluding hydrogens is 318 g/mol. The van der Waals surface area contributed by atoms with Crippen LogP contribution in [0.2, 0.25) is 5.02 Å².